The lowest BCUT2D eigenvalue weighted by atomic mass is 10.1. The van der Waals surface area contributed by atoms with Crippen molar-refractivity contribution < 1.29 is 4.21 Å². The Labute approximate surface area is 120 Å². The van der Waals surface area contributed by atoms with Gasteiger partial charge in [0.2, 0.25) is 0 Å². The highest BCUT2D eigenvalue weighted by Crippen LogP contribution is 2.25. The third-order valence-electron chi connectivity index (χ3n) is 3.00. The summed E-state index contributed by atoms with van der Waals surface area (Å²) in [5.41, 5.74) is 2.06. The molecule has 0 aliphatic carbocycles. The zero-order chi connectivity index (χ0) is 13.0. The summed E-state index contributed by atoms with van der Waals surface area (Å²) in [6.45, 7) is 0. The minimum Gasteiger partial charge on any atom is -0.382 e. The highest BCUT2D eigenvalue weighted by atomic mass is 35.5. The second-order valence-corrected chi connectivity index (χ2v) is 7.62. The van der Waals surface area contributed by atoms with Crippen LogP contribution >= 0.6 is 23.4 Å². The highest BCUT2D eigenvalue weighted by Gasteiger charge is 2.13. The van der Waals surface area contributed by atoms with Gasteiger partial charge in [-0.1, -0.05) is 11.6 Å². The number of hydrogen-bond acceptors (Lipinski definition) is 3. The molecule has 1 fully saturated rings. The standard InChI is InChI=1S/C13H18ClNOS2/c1-18(16)9-10-8-12(2-3-13(10)14)15-11-4-6-17-7-5-11/h2-3,8,11,15H,4-7,9H2,1H3/t18-/m0/s1. The fraction of sp³-hybridized carbons (Fsp3) is 0.538. The van der Waals surface area contributed by atoms with E-state index >= 15 is 0 Å². The molecule has 0 saturated carbocycles. The lowest BCUT2D eigenvalue weighted by Crippen LogP contribution is -2.24. The van der Waals surface area contributed by atoms with Crippen molar-refractivity contribution in [2.75, 3.05) is 23.1 Å². The molecule has 100 valence electrons. The van der Waals surface area contributed by atoms with E-state index in [9.17, 15) is 4.21 Å². The van der Waals surface area contributed by atoms with E-state index in [4.69, 9.17) is 11.6 Å². The maximum atomic E-state index is 11.3. The predicted molar refractivity (Wildman–Crippen MR) is 83.2 cm³/mol. The van der Waals surface area contributed by atoms with Gasteiger partial charge in [-0.15, -0.1) is 0 Å². The van der Waals surface area contributed by atoms with Crippen LogP contribution in [0, 0.1) is 0 Å². The quantitative estimate of drug-likeness (QED) is 0.922. The molecule has 1 N–H and O–H groups in total. The van der Waals surface area contributed by atoms with Crippen LogP contribution in [0.1, 0.15) is 18.4 Å². The molecule has 5 heteroatoms. The molecule has 1 aromatic carbocycles. The minimum absolute atomic E-state index is 0.523. The van der Waals surface area contributed by atoms with Gasteiger partial charge in [0.15, 0.2) is 0 Å². The molecule has 1 saturated heterocycles. The first-order valence-corrected chi connectivity index (χ1v) is 9.34. The minimum atomic E-state index is -0.857. The van der Waals surface area contributed by atoms with Crippen LogP contribution in [0.25, 0.3) is 0 Å². The van der Waals surface area contributed by atoms with Crippen molar-refractivity contribution in [2.45, 2.75) is 24.6 Å². The van der Waals surface area contributed by atoms with Gasteiger partial charge in [0.1, 0.15) is 0 Å². The van der Waals surface area contributed by atoms with Crippen LogP contribution in [0.4, 0.5) is 5.69 Å². The highest BCUT2D eigenvalue weighted by molar-refractivity contribution is 7.99. The molecule has 1 aromatic rings. The molecule has 1 aliphatic rings. The monoisotopic (exact) mass is 303 g/mol. The number of halogens is 1. The molecule has 0 aromatic heterocycles. The molecule has 18 heavy (non-hydrogen) atoms. The number of hydrogen-bond donors (Lipinski definition) is 1. The van der Waals surface area contributed by atoms with Crippen molar-refractivity contribution in [3.63, 3.8) is 0 Å². The maximum absolute atomic E-state index is 11.3. The van der Waals surface area contributed by atoms with Crippen LogP contribution in [0.2, 0.25) is 5.02 Å². The van der Waals surface area contributed by atoms with Gasteiger partial charge >= 0.3 is 0 Å². The van der Waals surface area contributed by atoms with Crippen LogP contribution < -0.4 is 5.32 Å². The Morgan fingerprint density at radius 1 is 1.44 bits per heavy atom. The summed E-state index contributed by atoms with van der Waals surface area (Å²) in [6, 6.07) is 6.49. The molecule has 0 amide bonds. The molecular weight excluding hydrogens is 286 g/mol. The first kappa shape index (κ1) is 14.2. The van der Waals surface area contributed by atoms with Gasteiger partial charge in [0.05, 0.1) is 0 Å². The lowest BCUT2D eigenvalue weighted by molar-refractivity contribution is 0.667. The van der Waals surface area contributed by atoms with E-state index in [1.54, 1.807) is 6.26 Å². The second-order valence-electron chi connectivity index (χ2n) is 4.55. The third-order valence-corrected chi connectivity index (χ3v) is 5.13. The third kappa shape index (κ3) is 4.18. The van der Waals surface area contributed by atoms with Crippen molar-refractivity contribution in [3.05, 3.63) is 28.8 Å². The van der Waals surface area contributed by atoms with Gasteiger partial charge in [-0.2, -0.15) is 11.8 Å². The van der Waals surface area contributed by atoms with Crippen molar-refractivity contribution in [1.82, 2.24) is 0 Å². The van der Waals surface area contributed by atoms with E-state index in [1.165, 1.54) is 24.3 Å². The Hall–Kier alpha value is -0.190. The Balaban J connectivity index is 2.05. The number of rotatable bonds is 4. The number of anilines is 1. The van der Waals surface area contributed by atoms with Gasteiger partial charge in [-0.05, 0) is 48.1 Å². The largest absolute Gasteiger partial charge is 0.382 e. The van der Waals surface area contributed by atoms with E-state index in [0.29, 0.717) is 16.8 Å². The summed E-state index contributed by atoms with van der Waals surface area (Å²) in [7, 11) is -0.857. The zero-order valence-corrected chi connectivity index (χ0v) is 12.8. The fourth-order valence-electron chi connectivity index (χ4n) is 2.07. The smallest absolute Gasteiger partial charge is 0.0498 e. The van der Waals surface area contributed by atoms with Crippen LogP contribution in [0.15, 0.2) is 18.2 Å². The topological polar surface area (TPSA) is 29.1 Å². The normalized spacial score (nSPS) is 18.6. The Kier molecular flexibility index (Phi) is 5.39. The number of thioether (sulfide) groups is 1. The second kappa shape index (κ2) is 6.83. The summed E-state index contributed by atoms with van der Waals surface area (Å²) >= 11 is 8.14. The van der Waals surface area contributed by atoms with Gasteiger partial charge in [-0.3, -0.25) is 4.21 Å². The molecule has 0 spiro atoms. The van der Waals surface area contributed by atoms with E-state index in [2.05, 4.69) is 5.32 Å². The summed E-state index contributed by atoms with van der Waals surface area (Å²) in [4.78, 5) is 0. The molecule has 2 rings (SSSR count). The SMILES string of the molecule is C[S@](=O)Cc1cc(NC2CCSCC2)ccc1Cl. The first-order valence-electron chi connectivity index (χ1n) is 6.08. The molecule has 1 aliphatic heterocycles. The molecule has 1 atom stereocenters. The average Bonchev–Trinajstić information content (AvgIpc) is 2.34. The van der Waals surface area contributed by atoms with E-state index in [0.717, 1.165) is 11.3 Å². The Bertz CT molecular complexity index is 433. The van der Waals surface area contributed by atoms with Crippen molar-refractivity contribution in [3.8, 4) is 0 Å². The van der Waals surface area contributed by atoms with Crippen LogP contribution in [0.3, 0.4) is 0 Å². The van der Waals surface area contributed by atoms with E-state index < -0.39 is 10.8 Å². The molecule has 2 nitrogen and oxygen atoms in total. The summed E-state index contributed by atoms with van der Waals surface area (Å²) in [6.07, 6.45) is 4.12. The van der Waals surface area contributed by atoms with Gasteiger partial charge in [-0.25, -0.2) is 0 Å². The lowest BCUT2D eigenvalue weighted by Gasteiger charge is -2.24. The van der Waals surface area contributed by atoms with Gasteiger partial charge < -0.3 is 5.32 Å². The van der Waals surface area contributed by atoms with Crippen LogP contribution in [-0.2, 0) is 16.6 Å². The first-order chi connectivity index (χ1) is 8.65. The Morgan fingerprint density at radius 2 is 2.17 bits per heavy atom. The molecule has 0 bridgehead atoms. The van der Waals surface area contributed by atoms with Crippen molar-refractivity contribution in [1.29, 1.82) is 0 Å². The Morgan fingerprint density at radius 3 is 2.83 bits per heavy atom. The predicted octanol–water partition coefficient (Wildman–Crippen LogP) is 3.53. The van der Waals surface area contributed by atoms with Crippen molar-refractivity contribution >= 4 is 39.8 Å². The van der Waals surface area contributed by atoms with Crippen LogP contribution in [-0.4, -0.2) is 28.0 Å². The summed E-state index contributed by atoms with van der Waals surface area (Å²) in [5, 5.41) is 4.25. The number of nitrogens with one attached hydrogen (secondary N) is 1. The van der Waals surface area contributed by atoms with E-state index in [-0.39, 0.29) is 0 Å². The molecular formula is C13H18ClNOS2. The van der Waals surface area contributed by atoms with Crippen LogP contribution in [0.5, 0.6) is 0 Å². The maximum Gasteiger partial charge on any atom is 0.0498 e. The average molecular weight is 304 g/mol. The zero-order valence-electron chi connectivity index (χ0n) is 10.4. The fourth-order valence-corrected chi connectivity index (χ4v) is 4.12. The van der Waals surface area contributed by atoms with Gasteiger partial charge in [0, 0.05) is 39.6 Å². The number of benzene rings is 1. The van der Waals surface area contributed by atoms with Crippen molar-refractivity contribution in [2.24, 2.45) is 0 Å². The van der Waals surface area contributed by atoms with E-state index in [1.807, 2.05) is 30.0 Å². The molecule has 1 heterocycles. The molecule has 0 unspecified atom stereocenters. The molecule has 0 radical (unpaired) electrons. The van der Waals surface area contributed by atoms with Gasteiger partial charge in [0.25, 0.3) is 0 Å². The summed E-state index contributed by atoms with van der Waals surface area (Å²) < 4.78 is 11.3. The summed E-state index contributed by atoms with van der Waals surface area (Å²) in [5.74, 6) is 2.99.